The highest BCUT2D eigenvalue weighted by atomic mass is 19.4. The molecule has 1 heterocycles. The van der Waals surface area contributed by atoms with Crippen LogP contribution in [0.15, 0.2) is 59.7 Å². The van der Waals surface area contributed by atoms with Crippen LogP contribution in [0.2, 0.25) is 0 Å². The van der Waals surface area contributed by atoms with Crippen molar-refractivity contribution in [3.8, 4) is 11.4 Å². The first kappa shape index (κ1) is 26.0. The highest BCUT2D eigenvalue weighted by molar-refractivity contribution is 5.82. The number of hydrogen-bond donors (Lipinski definition) is 1. The molecule has 4 nitrogen and oxygen atoms in total. The molecular weight excluding hydrogens is 486 g/mol. The van der Waals surface area contributed by atoms with Gasteiger partial charge in [-0.1, -0.05) is 12.1 Å². The van der Waals surface area contributed by atoms with E-state index in [0.717, 1.165) is 11.8 Å². The van der Waals surface area contributed by atoms with Crippen molar-refractivity contribution in [2.75, 3.05) is 0 Å². The minimum atomic E-state index is -6.45. The van der Waals surface area contributed by atoms with Crippen LogP contribution in [0.25, 0.3) is 5.69 Å². The van der Waals surface area contributed by atoms with Gasteiger partial charge in [0.05, 0.1) is 6.21 Å². The Balaban J connectivity index is 1.72. The number of aryl methyl sites for hydroxylation is 1. The Morgan fingerprint density at radius 3 is 2.09 bits per heavy atom. The Morgan fingerprint density at radius 1 is 0.914 bits per heavy atom. The second-order valence-electron chi connectivity index (χ2n) is 7.59. The van der Waals surface area contributed by atoms with Gasteiger partial charge in [0.15, 0.2) is 0 Å². The first-order chi connectivity index (χ1) is 16.2. The molecule has 0 spiro atoms. The summed E-state index contributed by atoms with van der Waals surface area (Å²) in [6.45, 7) is 3.49. The molecule has 0 radical (unpaired) electrons. The second kappa shape index (κ2) is 9.59. The first-order valence-electron chi connectivity index (χ1n) is 10.0. The van der Waals surface area contributed by atoms with Gasteiger partial charge in [-0.05, 0) is 61.9 Å². The molecular formula is C23H19F8N3O. The van der Waals surface area contributed by atoms with E-state index < -0.39 is 18.1 Å². The summed E-state index contributed by atoms with van der Waals surface area (Å²) in [7, 11) is 0. The summed E-state index contributed by atoms with van der Waals surface area (Å²) in [5.74, 6) is -6.14. The second-order valence-corrected chi connectivity index (χ2v) is 7.59. The number of halogens is 8. The molecule has 0 aliphatic heterocycles. The molecule has 3 rings (SSSR count). The van der Waals surface area contributed by atoms with Gasteiger partial charge in [0.25, 0.3) is 0 Å². The van der Waals surface area contributed by atoms with Gasteiger partial charge in [-0.15, -0.1) is 0 Å². The Labute approximate surface area is 194 Å². The molecule has 3 aromatic rings. The minimum absolute atomic E-state index is 0.215. The molecule has 0 amide bonds. The monoisotopic (exact) mass is 505 g/mol. The van der Waals surface area contributed by atoms with Crippen LogP contribution < -0.4 is 10.2 Å². The number of ether oxygens (including phenoxy) is 1. The van der Waals surface area contributed by atoms with Gasteiger partial charge in [0.2, 0.25) is 0 Å². The lowest BCUT2D eigenvalue weighted by molar-refractivity contribution is -0.361. The quantitative estimate of drug-likeness (QED) is 0.164. The van der Waals surface area contributed by atoms with E-state index in [-0.39, 0.29) is 18.0 Å². The van der Waals surface area contributed by atoms with Crippen LogP contribution in [0, 0.1) is 19.7 Å². The molecule has 0 aliphatic rings. The fraction of sp³-hybridized carbons (Fsp3) is 0.261. The van der Waals surface area contributed by atoms with Crippen molar-refractivity contribution in [1.82, 2.24) is 9.99 Å². The molecule has 0 saturated heterocycles. The molecule has 0 fully saturated rings. The highest BCUT2D eigenvalue weighted by Gasteiger charge is 2.73. The summed E-state index contributed by atoms with van der Waals surface area (Å²) >= 11 is 0. The molecule has 188 valence electrons. The molecule has 0 bridgehead atoms. The summed E-state index contributed by atoms with van der Waals surface area (Å²) in [6.07, 6.45) is -5.72. The molecule has 0 aliphatic carbocycles. The normalized spacial score (nSPS) is 12.9. The molecule has 1 aromatic heterocycles. The van der Waals surface area contributed by atoms with Crippen molar-refractivity contribution in [2.45, 2.75) is 38.6 Å². The van der Waals surface area contributed by atoms with E-state index in [1.54, 1.807) is 54.8 Å². The van der Waals surface area contributed by atoms with E-state index in [4.69, 9.17) is 4.74 Å². The molecule has 2 aromatic carbocycles. The van der Waals surface area contributed by atoms with E-state index in [9.17, 15) is 35.1 Å². The van der Waals surface area contributed by atoms with E-state index in [2.05, 4.69) is 5.10 Å². The topological polar surface area (TPSA) is 38.5 Å². The van der Waals surface area contributed by atoms with Crippen LogP contribution in [-0.2, 0) is 6.61 Å². The van der Waals surface area contributed by atoms with Crippen LogP contribution >= 0.6 is 0 Å². The van der Waals surface area contributed by atoms with Gasteiger partial charge in [0.1, 0.15) is 18.2 Å². The Kier molecular flexibility index (Phi) is 7.13. The van der Waals surface area contributed by atoms with Crippen LogP contribution in [0.1, 0.15) is 22.5 Å². The maximum Gasteiger partial charge on any atom is 0.462 e. The van der Waals surface area contributed by atoms with Gasteiger partial charge in [-0.3, -0.25) is 0 Å². The summed E-state index contributed by atoms with van der Waals surface area (Å²) in [5, 5.41) is 2.91. The fourth-order valence-electron chi connectivity index (χ4n) is 3.19. The van der Waals surface area contributed by atoms with Gasteiger partial charge in [0, 0.05) is 22.6 Å². The minimum Gasteiger partial charge on any atom is -0.489 e. The van der Waals surface area contributed by atoms with Crippen LogP contribution in [0.4, 0.5) is 35.1 Å². The van der Waals surface area contributed by atoms with Crippen molar-refractivity contribution >= 4 is 6.21 Å². The van der Waals surface area contributed by atoms with Crippen molar-refractivity contribution in [1.29, 1.82) is 0 Å². The predicted octanol–water partition coefficient (Wildman–Crippen LogP) is 6.53. The van der Waals surface area contributed by atoms with Gasteiger partial charge < -0.3 is 9.30 Å². The summed E-state index contributed by atoms with van der Waals surface area (Å²) < 4.78 is 110. The lowest BCUT2D eigenvalue weighted by atomic mass is 10.2. The van der Waals surface area contributed by atoms with Crippen molar-refractivity contribution in [2.24, 2.45) is 5.10 Å². The predicted molar refractivity (Wildman–Crippen MR) is 113 cm³/mol. The number of rotatable bonds is 8. The van der Waals surface area contributed by atoms with Crippen molar-refractivity contribution in [3.63, 3.8) is 0 Å². The zero-order valence-corrected chi connectivity index (χ0v) is 18.3. The SMILES string of the molecule is Cc1cc(/C=N\NC(F)(F)C(F)(F)C(F)(F)F)c(C)n1-c1ccc(OCc2ccc(F)cc2)cc1. The number of nitrogens with one attached hydrogen (secondary N) is 1. The number of benzene rings is 2. The number of alkyl halides is 7. The molecule has 12 heteroatoms. The Hall–Kier alpha value is -3.57. The summed E-state index contributed by atoms with van der Waals surface area (Å²) in [4.78, 5) is 0. The third-order valence-electron chi connectivity index (χ3n) is 5.04. The van der Waals surface area contributed by atoms with Crippen LogP contribution in [0.3, 0.4) is 0 Å². The van der Waals surface area contributed by atoms with Gasteiger partial charge in [-0.2, -0.15) is 35.8 Å². The standard InChI is InChI=1S/C23H19F8N3O/c1-14-11-17(12-32-33-23(30,31)21(25,26)22(27,28)29)15(2)34(14)19-7-9-20(10-8-19)35-13-16-3-5-18(24)6-4-16/h3-12,33H,13H2,1-2H3/b32-12-. The maximum atomic E-state index is 13.3. The van der Waals surface area contributed by atoms with E-state index in [1.165, 1.54) is 18.2 Å². The molecule has 0 atom stereocenters. The largest absolute Gasteiger partial charge is 0.489 e. The first-order valence-corrected chi connectivity index (χ1v) is 10.0. The van der Waals surface area contributed by atoms with Crippen LogP contribution in [-0.4, -0.2) is 28.9 Å². The molecule has 0 unspecified atom stereocenters. The lowest BCUT2D eigenvalue weighted by Gasteiger charge is -2.27. The zero-order valence-electron chi connectivity index (χ0n) is 18.3. The summed E-state index contributed by atoms with van der Waals surface area (Å²) in [5.41, 5.74) is 3.34. The van der Waals surface area contributed by atoms with Crippen molar-refractivity contribution < 1.29 is 39.9 Å². The van der Waals surface area contributed by atoms with Gasteiger partial charge in [-0.25, -0.2) is 9.82 Å². The molecule has 0 saturated carbocycles. The van der Waals surface area contributed by atoms with Crippen LogP contribution in [0.5, 0.6) is 5.75 Å². The zero-order chi connectivity index (χ0) is 26.0. The lowest BCUT2D eigenvalue weighted by Crippen LogP contribution is -2.58. The van der Waals surface area contributed by atoms with E-state index in [1.807, 2.05) is 0 Å². The number of aromatic nitrogens is 1. The van der Waals surface area contributed by atoms with E-state index in [0.29, 0.717) is 28.3 Å². The smallest absolute Gasteiger partial charge is 0.462 e. The highest BCUT2D eigenvalue weighted by Crippen LogP contribution is 2.45. The van der Waals surface area contributed by atoms with Gasteiger partial charge >= 0.3 is 18.1 Å². The number of nitrogens with zero attached hydrogens (tertiary/aromatic N) is 2. The molecule has 1 N–H and O–H groups in total. The average molecular weight is 505 g/mol. The number of hydrogen-bond acceptors (Lipinski definition) is 3. The van der Waals surface area contributed by atoms with Crippen molar-refractivity contribution in [3.05, 3.63) is 82.9 Å². The third kappa shape index (κ3) is 5.57. The third-order valence-corrected chi connectivity index (χ3v) is 5.04. The fourth-order valence-corrected chi connectivity index (χ4v) is 3.19. The maximum absolute atomic E-state index is 13.3. The molecule has 35 heavy (non-hydrogen) atoms. The Morgan fingerprint density at radius 2 is 1.51 bits per heavy atom. The summed E-state index contributed by atoms with van der Waals surface area (Å²) in [6, 6.07) is 8.44. The average Bonchev–Trinajstić information content (AvgIpc) is 3.06. The Bertz CT molecular complexity index is 1180. The van der Waals surface area contributed by atoms with E-state index >= 15 is 0 Å². The number of hydrazone groups is 1.